The first-order valence-corrected chi connectivity index (χ1v) is 4.01. The van der Waals surface area contributed by atoms with E-state index in [0.717, 1.165) is 6.20 Å². The number of pyridine rings is 1. The third kappa shape index (κ3) is 2.71. The largest absolute Gasteiger partial charge is 0.573 e. The highest BCUT2D eigenvalue weighted by molar-refractivity contribution is 5.54. The van der Waals surface area contributed by atoms with Gasteiger partial charge in [0.05, 0.1) is 5.56 Å². The number of alkyl halides is 5. The number of hydrogen-bond acceptors (Lipinski definition) is 3. The van der Waals surface area contributed by atoms with Gasteiger partial charge in [0.2, 0.25) is 0 Å². The molecular weight excluding hydrogens is 235 g/mol. The Balaban J connectivity index is 3.29. The molecule has 90 valence electrons. The van der Waals surface area contributed by atoms with Crippen LogP contribution >= 0.6 is 0 Å². The standard InChI is InChI=1S/C8H7F5N2O/c1-3-2-15-7(14)5(4(3)6(9)10)16-8(11,12)13/h2,6H,1H3,(H2,14,15). The maximum absolute atomic E-state index is 12.5. The number of anilines is 1. The third-order valence-electron chi connectivity index (χ3n) is 1.74. The minimum Gasteiger partial charge on any atom is -0.401 e. The third-order valence-corrected chi connectivity index (χ3v) is 1.74. The minimum atomic E-state index is -5.09. The van der Waals surface area contributed by atoms with Crippen molar-refractivity contribution in [3.8, 4) is 5.75 Å². The molecule has 8 heteroatoms. The summed E-state index contributed by atoms with van der Waals surface area (Å²) in [4.78, 5) is 3.33. The van der Waals surface area contributed by atoms with Gasteiger partial charge < -0.3 is 10.5 Å². The number of nitrogen functional groups attached to an aromatic ring is 1. The van der Waals surface area contributed by atoms with Gasteiger partial charge in [-0.15, -0.1) is 13.2 Å². The molecule has 0 aliphatic carbocycles. The van der Waals surface area contributed by atoms with Crippen molar-refractivity contribution in [1.82, 2.24) is 4.98 Å². The molecule has 1 aromatic rings. The highest BCUT2D eigenvalue weighted by Gasteiger charge is 2.35. The van der Waals surface area contributed by atoms with Gasteiger partial charge in [-0.3, -0.25) is 0 Å². The van der Waals surface area contributed by atoms with Crippen LogP contribution in [0, 0.1) is 6.92 Å². The smallest absolute Gasteiger partial charge is 0.401 e. The highest BCUT2D eigenvalue weighted by Crippen LogP contribution is 2.38. The molecule has 1 rings (SSSR count). The first-order valence-electron chi connectivity index (χ1n) is 4.01. The Labute approximate surface area is 87.0 Å². The summed E-state index contributed by atoms with van der Waals surface area (Å²) in [6.07, 6.45) is -7.25. The van der Waals surface area contributed by atoms with E-state index in [0.29, 0.717) is 0 Å². The fraction of sp³-hybridized carbons (Fsp3) is 0.375. The van der Waals surface area contributed by atoms with Gasteiger partial charge >= 0.3 is 6.36 Å². The van der Waals surface area contributed by atoms with E-state index in [-0.39, 0.29) is 5.56 Å². The van der Waals surface area contributed by atoms with E-state index in [4.69, 9.17) is 5.73 Å². The van der Waals surface area contributed by atoms with Crippen molar-refractivity contribution in [2.45, 2.75) is 19.7 Å². The molecule has 0 aromatic carbocycles. The number of aromatic nitrogens is 1. The van der Waals surface area contributed by atoms with Crippen LogP contribution in [0.3, 0.4) is 0 Å². The van der Waals surface area contributed by atoms with Gasteiger partial charge in [0.15, 0.2) is 11.6 Å². The summed E-state index contributed by atoms with van der Waals surface area (Å²) >= 11 is 0. The predicted molar refractivity (Wildman–Crippen MR) is 45.0 cm³/mol. The van der Waals surface area contributed by atoms with Gasteiger partial charge in [-0.05, 0) is 12.5 Å². The summed E-state index contributed by atoms with van der Waals surface area (Å²) in [6, 6.07) is 0. The summed E-state index contributed by atoms with van der Waals surface area (Å²) in [7, 11) is 0. The summed E-state index contributed by atoms with van der Waals surface area (Å²) in [5.74, 6) is -1.86. The Kier molecular flexibility index (Phi) is 3.20. The number of halogens is 5. The second-order valence-electron chi connectivity index (χ2n) is 2.92. The summed E-state index contributed by atoms with van der Waals surface area (Å²) in [5, 5.41) is 0. The van der Waals surface area contributed by atoms with Crippen LogP contribution in [0.4, 0.5) is 27.8 Å². The molecule has 0 unspecified atom stereocenters. The van der Waals surface area contributed by atoms with Crippen LogP contribution in [0.15, 0.2) is 6.20 Å². The first kappa shape index (κ1) is 12.5. The average Bonchev–Trinajstić information content (AvgIpc) is 2.08. The van der Waals surface area contributed by atoms with Gasteiger partial charge in [0.25, 0.3) is 6.43 Å². The number of hydrogen-bond donors (Lipinski definition) is 1. The van der Waals surface area contributed by atoms with Crippen LogP contribution in [-0.4, -0.2) is 11.3 Å². The van der Waals surface area contributed by atoms with Crippen molar-refractivity contribution in [3.05, 3.63) is 17.3 Å². The summed E-state index contributed by atoms with van der Waals surface area (Å²) in [5.41, 5.74) is 4.05. The summed E-state index contributed by atoms with van der Waals surface area (Å²) < 4.78 is 64.3. The van der Waals surface area contributed by atoms with Gasteiger partial charge in [0, 0.05) is 6.20 Å². The normalized spacial score (nSPS) is 11.9. The van der Waals surface area contributed by atoms with Crippen LogP contribution in [0.25, 0.3) is 0 Å². The first-order chi connectivity index (χ1) is 7.22. The van der Waals surface area contributed by atoms with E-state index in [1.165, 1.54) is 6.92 Å². The molecule has 0 saturated carbocycles. The molecule has 16 heavy (non-hydrogen) atoms. The van der Waals surface area contributed by atoms with E-state index in [9.17, 15) is 22.0 Å². The Morgan fingerprint density at radius 1 is 1.38 bits per heavy atom. The van der Waals surface area contributed by atoms with Crippen molar-refractivity contribution in [2.75, 3.05) is 5.73 Å². The number of ether oxygens (including phenoxy) is 1. The molecule has 0 aliphatic rings. The van der Waals surface area contributed by atoms with E-state index in [2.05, 4.69) is 9.72 Å². The second-order valence-corrected chi connectivity index (χ2v) is 2.92. The van der Waals surface area contributed by atoms with E-state index in [1.807, 2.05) is 0 Å². The maximum atomic E-state index is 12.5. The van der Waals surface area contributed by atoms with Crippen molar-refractivity contribution in [1.29, 1.82) is 0 Å². The van der Waals surface area contributed by atoms with Crippen LogP contribution in [0.1, 0.15) is 17.6 Å². The summed E-state index contributed by atoms with van der Waals surface area (Å²) in [6.45, 7) is 1.19. The van der Waals surface area contributed by atoms with Gasteiger partial charge in [-0.2, -0.15) is 0 Å². The zero-order valence-electron chi connectivity index (χ0n) is 7.98. The molecule has 0 bridgehead atoms. The molecule has 0 amide bonds. The Morgan fingerprint density at radius 3 is 2.38 bits per heavy atom. The fourth-order valence-corrected chi connectivity index (χ4v) is 1.11. The zero-order valence-corrected chi connectivity index (χ0v) is 7.98. The lowest BCUT2D eigenvalue weighted by Crippen LogP contribution is -2.20. The molecule has 0 radical (unpaired) electrons. The van der Waals surface area contributed by atoms with Crippen molar-refractivity contribution in [2.24, 2.45) is 0 Å². The monoisotopic (exact) mass is 242 g/mol. The van der Waals surface area contributed by atoms with E-state index in [1.54, 1.807) is 0 Å². The van der Waals surface area contributed by atoms with Crippen LogP contribution in [0.2, 0.25) is 0 Å². The average molecular weight is 242 g/mol. The van der Waals surface area contributed by atoms with Crippen LogP contribution in [-0.2, 0) is 0 Å². The Morgan fingerprint density at radius 2 is 1.94 bits per heavy atom. The molecule has 0 atom stereocenters. The SMILES string of the molecule is Cc1cnc(N)c(OC(F)(F)F)c1C(F)F. The van der Waals surface area contributed by atoms with Crippen LogP contribution in [0.5, 0.6) is 5.75 Å². The van der Waals surface area contributed by atoms with Crippen LogP contribution < -0.4 is 10.5 Å². The van der Waals surface area contributed by atoms with E-state index >= 15 is 0 Å². The quantitative estimate of drug-likeness (QED) is 0.811. The molecule has 1 heterocycles. The molecule has 0 aliphatic heterocycles. The van der Waals surface area contributed by atoms with Gasteiger partial charge in [0.1, 0.15) is 0 Å². The number of rotatable bonds is 2. The fourth-order valence-electron chi connectivity index (χ4n) is 1.11. The van der Waals surface area contributed by atoms with Crippen molar-refractivity contribution >= 4 is 5.82 Å². The molecule has 0 fully saturated rings. The minimum absolute atomic E-state index is 0.122. The highest BCUT2D eigenvalue weighted by atomic mass is 19.4. The molecular formula is C8H7F5N2O. The predicted octanol–water partition coefficient (Wildman–Crippen LogP) is 2.81. The van der Waals surface area contributed by atoms with Crippen molar-refractivity contribution in [3.63, 3.8) is 0 Å². The lowest BCUT2D eigenvalue weighted by atomic mass is 10.1. The van der Waals surface area contributed by atoms with Crippen molar-refractivity contribution < 1.29 is 26.7 Å². The molecule has 0 saturated heterocycles. The Hall–Kier alpha value is -1.60. The number of nitrogens with zero attached hydrogens (tertiary/aromatic N) is 1. The zero-order chi connectivity index (χ0) is 12.5. The second kappa shape index (κ2) is 4.11. The molecule has 3 nitrogen and oxygen atoms in total. The van der Waals surface area contributed by atoms with Gasteiger partial charge in [-0.25, -0.2) is 13.8 Å². The number of nitrogens with two attached hydrogens (primary N) is 1. The lowest BCUT2D eigenvalue weighted by molar-refractivity contribution is -0.275. The Bertz CT molecular complexity index is 391. The number of aryl methyl sites for hydroxylation is 1. The topological polar surface area (TPSA) is 48.1 Å². The molecule has 1 aromatic heterocycles. The van der Waals surface area contributed by atoms with Gasteiger partial charge in [-0.1, -0.05) is 0 Å². The van der Waals surface area contributed by atoms with E-state index < -0.39 is 29.9 Å². The lowest BCUT2D eigenvalue weighted by Gasteiger charge is -2.15. The molecule has 0 spiro atoms. The maximum Gasteiger partial charge on any atom is 0.573 e. The molecule has 2 N–H and O–H groups in total.